The van der Waals surface area contributed by atoms with Crippen LogP contribution in [0.25, 0.3) is 0 Å². The molecule has 0 fully saturated rings. The number of nitrogens with one attached hydrogen (secondary N) is 1. The van der Waals surface area contributed by atoms with Crippen molar-refractivity contribution in [2.24, 2.45) is 0 Å². The highest BCUT2D eigenvalue weighted by Gasteiger charge is 2.25. The summed E-state index contributed by atoms with van der Waals surface area (Å²) in [7, 11) is 1.57. The number of amides is 2. The number of thioether (sulfide) groups is 1. The molecule has 0 unspecified atom stereocenters. The maximum absolute atomic E-state index is 12.8. The lowest BCUT2D eigenvalue weighted by Crippen LogP contribution is -2.47. The van der Waals surface area contributed by atoms with Crippen molar-refractivity contribution in [3.8, 4) is 0 Å². The van der Waals surface area contributed by atoms with Crippen molar-refractivity contribution in [2.75, 3.05) is 12.8 Å². The van der Waals surface area contributed by atoms with E-state index < -0.39 is 6.04 Å². The second-order valence-corrected chi connectivity index (χ2v) is 7.86. The summed E-state index contributed by atoms with van der Waals surface area (Å²) in [4.78, 5) is 26.5. The first-order valence-electron chi connectivity index (χ1n) is 8.49. The quantitative estimate of drug-likeness (QED) is 0.683. The number of likely N-dealkylation sites (N-methyl/N-ethyl adjacent to an activating group) is 1. The van der Waals surface area contributed by atoms with Crippen LogP contribution in [0.3, 0.4) is 0 Å². The van der Waals surface area contributed by atoms with Gasteiger partial charge in [0.1, 0.15) is 6.04 Å². The van der Waals surface area contributed by atoms with Crippen LogP contribution < -0.4 is 5.32 Å². The molecule has 2 aromatic rings. The Bertz CT molecular complexity index is 787. The molecule has 1 N–H and O–H groups in total. The van der Waals surface area contributed by atoms with Gasteiger partial charge in [-0.25, -0.2) is 0 Å². The molecule has 7 heteroatoms. The predicted molar refractivity (Wildman–Crippen MR) is 113 cm³/mol. The molecule has 4 nitrogen and oxygen atoms in total. The molecule has 0 heterocycles. The van der Waals surface area contributed by atoms with Crippen molar-refractivity contribution >= 4 is 46.8 Å². The topological polar surface area (TPSA) is 49.4 Å². The van der Waals surface area contributed by atoms with Gasteiger partial charge in [0.15, 0.2) is 0 Å². The normalized spacial score (nSPS) is 11.7. The summed E-state index contributed by atoms with van der Waals surface area (Å²) in [6.07, 6.45) is 0. The second-order valence-electron chi connectivity index (χ2n) is 6.03. The van der Waals surface area contributed by atoms with Crippen LogP contribution in [0.2, 0.25) is 10.0 Å². The van der Waals surface area contributed by atoms with Gasteiger partial charge < -0.3 is 10.2 Å². The minimum atomic E-state index is -0.553. The Hall–Kier alpha value is -1.69. The molecule has 0 aliphatic carbocycles. The maximum Gasteiger partial charge on any atom is 0.242 e. The van der Waals surface area contributed by atoms with E-state index in [0.717, 1.165) is 11.1 Å². The van der Waals surface area contributed by atoms with E-state index in [1.54, 1.807) is 31.0 Å². The molecule has 0 aromatic heterocycles. The molecule has 144 valence electrons. The summed E-state index contributed by atoms with van der Waals surface area (Å²) in [5.74, 6) is 0.567. The fourth-order valence-electron chi connectivity index (χ4n) is 2.54. The van der Waals surface area contributed by atoms with Gasteiger partial charge in [0.05, 0.1) is 5.75 Å². The highest BCUT2D eigenvalue weighted by Crippen LogP contribution is 2.25. The zero-order valence-corrected chi connectivity index (χ0v) is 17.6. The number of benzene rings is 2. The maximum atomic E-state index is 12.8. The van der Waals surface area contributed by atoms with Crippen molar-refractivity contribution < 1.29 is 9.59 Å². The number of hydrogen-bond acceptors (Lipinski definition) is 3. The average molecular weight is 425 g/mol. The fourth-order valence-corrected chi connectivity index (χ4v) is 4.01. The molecule has 0 spiro atoms. The summed E-state index contributed by atoms with van der Waals surface area (Å²) in [6.45, 7) is 2.12. The lowest BCUT2D eigenvalue weighted by Gasteiger charge is -2.28. The van der Waals surface area contributed by atoms with E-state index in [0.29, 0.717) is 22.3 Å². The number of hydrogen-bond donors (Lipinski definition) is 1. The molecule has 0 aliphatic rings. The van der Waals surface area contributed by atoms with Crippen LogP contribution >= 0.6 is 35.0 Å². The summed E-state index contributed by atoms with van der Waals surface area (Å²) in [5.41, 5.74) is 1.90. The third-order valence-electron chi connectivity index (χ3n) is 4.11. The van der Waals surface area contributed by atoms with Crippen LogP contribution in [-0.2, 0) is 21.9 Å². The van der Waals surface area contributed by atoms with E-state index in [-0.39, 0.29) is 17.6 Å². The van der Waals surface area contributed by atoms with Crippen LogP contribution in [0.15, 0.2) is 48.5 Å². The Morgan fingerprint density at radius 3 is 2.48 bits per heavy atom. The van der Waals surface area contributed by atoms with E-state index in [1.807, 2.05) is 36.4 Å². The lowest BCUT2D eigenvalue weighted by atomic mass is 10.1. The molecule has 0 saturated heterocycles. The van der Waals surface area contributed by atoms with Crippen LogP contribution in [0, 0.1) is 0 Å². The van der Waals surface area contributed by atoms with Crippen molar-refractivity contribution in [2.45, 2.75) is 25.3 Å². The van der Waals surface area contributed by atoms with E-state index >= 15 is 0 Å². The smallest absolute Gasteiger partial charge is 0.242 e. The Balaban J connectivity index is 2.02. The van der Waals surface area contributed by atoms with Crippen molar-refractivity contribution in [1.29, 1.82) is 0 Å². The summed E-state index contributed by atoms with van der Waals surface area (Å²) in [5, 5.41) is 3.78. The standard InChI is InChI=1S/C20H22Cl2N2O2S/c1-14(20(26)23-2)24(11-15-6-4-3-5-7-15)19(25)13-27-12-16-8-9-17(21)10-18(16)22/h3-10,14H,11-13H2,1-2H3,(H,23,26)/t14-/m0/s1. The third-order valence-corrected chi connectivity index (χ3v) is 5.66. The molecule has 2 aromatic carbocycles. The van der Waals surface area contributed by atoms with E-state index in [4.69, 9.17) is 23.2 Å². The minimum Gasteiger partial charge on any atom is -0.357 e. The van der Waals surface area contributed by atoms with E-state index in [2.05, 4.69) is 5.32 Å². The molecule has 27 heavy (non-hydrogen) atoms. The van der Waals surface area contributed by atoms with Crippen LogP contribution in [0.5, 0.6) is 0 Å². The highest BCUT2D eigenvalue weighted by molar-refractivity contribution is 7.99. The van der Waals surface area contributed by atoms with Crippen molar-refractivity contribution in [3.63, 3.8) is 0 Å². The summed E-state index contributed by atoms with van der Waals surface area (Å²) >= 11 is 13.5. The van der Waals surface area contributed by atoms with Gasteiger partial charge in [0.25, 0.3) is 0 Å². The predicted octanol–water partition coefficient (Wildman–Crippen LogP) is 4.39. The number of nitrogens with zero attached hydrogens (tertiary/aromatic N) is 1. The first-order valence-corrected chi connectivity index (χ1v) is 10.4. The molecule has 2 rings (SSSR count). The van der Waals surface area contributed by atoms with Crippen molar-refractivity contribution in [3.05, 3.63) is 69.7 Å². The first-order chi connectivity index (χ1) is 12.9. The Morgan fingerprint density at radius 1 is 1.15 bits per heavy atom. The monoisotopic (exact) mass is 424 g/mol. The zero-order chi connectivity index (χ0) is 19.8. The van der Waals surface area contributed by atoms with E-state index in [1.165, 1.54) is 11.8 Å². The number of halogens is 2. The highest BCUT2D eigenvalue weighted by atomic mass is 35.5. The molecular formula is C20H22Cl2N2O2S. The summed E-state index contributed by atoms with van der Waals surface area (Å²) < 4.78 is 0. The Kier molecular flexibility index (Phi) is 8.48. The van der Waals surface area contributed by atoms with Gasteiger partial charge in [0.2, 0.25) is 11.8 Å². The largest absolute Gasteiger partial charge is 0.357 e. The molecule has 0 saturated carbocycles. The number of carbonyl (C=O) groups is 2. The van der Waals surface area contributed by atoms with Gasteiger partial charge in [-0.15, -0.1) is 11.8 Å². The molecule has 0 bridgehead atoms. The van der Waals surface area contributed by atoms with Gasteiger partial charge in [-0.1, -0.05) is 59.6 Å². The van der Waals surface area contributed by atoms with Gasteiger partial charge in [-0.3, -0.25) is 9.59 Å². The fraction of sp³-hybridized carbons (Fsp3) is 0.300. The second kappa shape index (κ2) is 10.6. The SMILES string of the molecule is CNC(=O)[C@H](C)N(Cc1ccccc1)C(=O)CSCc1ccc(Cl)cc1Cl. The van der Waals surface area contributed by atoms with Gasteiger partial charge in [-0.2, -0.15) is 0 Å². The summed E-state index contributed by atoms with van der Waals surface area (Å²) in [6, 6.07) is 14.4. The molecule has 1 atom stereocenters. The van der Waals surface area contributed by atoms with Gasteiger partial charge in [0, 0.05) is 29.4 Å². The molecular weight excluding hydrogens is 403 g/mol. The third kappa shape index (κ3) is 6.45. The van der Waals surface area contributed by atoms with Crippen LogP contribution in [0.1, 0.15) is 18.1 Å². The molecule has 0 aliphatic heterocycles. The minimum absolute atomic E-state index is 0.0926. The zero-order valence-electron chi connectivity index (χ0n) is 15.2. The average Bonchev–Trinajstić information content (AvgIpc) is 2.67. The first kappa shape index (κ1) is 21.6. The van der Waals surface area contributed by atoms with Crippen LogP contribution in [0.4, 0.5) is 0 Å². The Morgan fingerprint density at radius 2 is 1.85 bits per heavy atom. The molecule has 0 radical (unpaired) electrons. The number of carbonyl (C=O) groups excluding carboxylic acids is 2. The van der Waals surface area contributed by atoms with Crippen LogP contribution in [-0.4, -0.2) is 35.6 Å². The Labute approximate surface area is 174 Å². The van der Waals surface area contributed by atoms with Crippen molar-refractivity contribution in [1.82, 2.24) is 10.2 Å². The number of rotatable bonds is 8. The van der Waals surface area contributed by atoms with Gasteiger partial charge >= 0.3 is 0 Å². The lowest BCUT2D eigenvalue weighted by molar-refractivity contribution is -0.138. The van der Waals surface area contributed by atoms with Gasteiger partial charge in [-0.05, 0) is 30.2 Å². The molecule has 2 amide bonds. The van der Waals surface area contributed by atoms with E-state index in [9.17, 15) is 9.59 Å².